The first-order valence-electron chi connectivity index (χ1n) is 8.28. The Morgan fingerprint density at radius 1 is 0.893 bits per heavy atom. The molecule has 0 bridgehead atoms. The van der Waals surface area contributed by atoms with Crippen LogP contribution in [-0.4, -0.2) is 24.4 Å². The van der Waals surface area contributed by atoms with Gasteiger partial charge in [0.15, 0.2) is 12.4 Å². The first-order valence-corrected chi connectivity index (χ1v) is 8.28. The Bertz CT molecular complexity index is 935. The molecule has 1 aromatic carbocycles. The maximum absolute atomic E-state index is 12.3. The molecule has 0 aliphatic rings. The van der Waals surface area contributed by atoms with Gasteiger partial charge in [-0.25, -0.2) is 4.79 Å². The first kappa shape index (κ1) is 18.8. The van der Waals surface area contributed by atoms with Gasteiger partial charge in [-0.2, -0.15) is 0 Å². The molecule has 0 radical (unpaired) electrons. The zero-order valence-corrected chi connectivity index (χ0v) is 14.6. The number of amides is 2. The second-order valence-corrected chi connectivity index (χ2v) is 5.53. The van der Waals surface area contributed by atoms with Crippen LogP contribution in [0.15, 0.2) is 69.9 Å². The number of para-hydroxylation sites is 1. The third-order valence-corrected chi connectivity index (χ3v) is 3.57. The minimum absolute atomic E-state index is 0.0360. The van der Waals surface area contributed by atoms with Crippen molar-refractivity contribution in [2.45, 2.75) is 6.54 Å². The highest BCUT2D eigenvalue weighted by Gasteiger charge is 2.15. The Morgan fingerprint density at radius 2 is 1.68 bits per heavy atom. The molecule has 0 unspecified atom stereocenters. The van der Waals surface area contributed by atoms with Crippen LogP contribution in [-0.2, 0) is 16.1 Å². The minimum Gasteiger partial charge on any atom is -0.467 e. The molecule has 0 spiro atoms. The molecule has 9 heteroatoms. The van der Waals surface area contributed by atoms with E-state index >= 15 is 0 Å². The predicted molar refractivity (Wildman–Crippen MR) is 97.1 cm³/mol. The number of furan rings is 2. The molecule has 0 fully saturated rings. The largest absolute Gasteiger partial charge is 0.467 e. The summed E-state index contributed by atoms with van der Waals surface area (Å²) < 4.78 is 15.1. The van der Waals surface area contributed by atoms with Crippen LogP contribution < -0.4 is 16.2 Å². The van der Waals surface area contributed by atoms with Crippen LogP contribution >= 0.6 is 0 Å². The molecule has 0 aliphatic carbocycles. The highest BCUT2D eigenvalue weighted by molar-refractivity contribution is 5.97. The second kappa shape index (κ2) is 9.08. The molecule has 3 N–H and O–H groups in total. The molecular weight excluding hydrogens is 366 g/mol. The molecule has 144 valence electrons. The van der Waals surface area contributed by atoms with Gasteiger partial charge >= 0.3 is 11.9 Å². The summed E-state index contributed by atoms with van der Waals surface area (Å²) in [6, 6.07) is 13.3. The van der Waals surface area contributed by atoms with E-state index in [1.807, 2.05) is 0 Å². The summed E-state index contributed by atoms with van der Waals surface area (Å²) >= 11 is 0. The Hall–Kier alpha value is -4.01. The zero-order valence-electron chi connectivity index (χ0n) is 14.6. The lowest BCUT2D eigenvalue weighted by atomic mass is 10.2. The molecule has 2 amide bonds. The van der Waals surface area contributed by atoms with E-state index in [2.05, 4.69) is 16.2 Å². The lowest BCUT2D eigenvalue weighted by Gasteiger charge is -2.11. The first-order chi connectivity index (χ1) is 13.6. The summed E-state index contributed by atoms with van der Waals surface area (Å²) in [7, 11) is 0. The van der Waals surface area contributed by atoms with Gasteiger partial charge in [-0.15, -0.1) is 0 Å². The van der Waals surface area contributed by atoms with Crippen molar-refractivity contribution < 1.29 is 28.0 Å². The summed E-state index contributed by atoms with van der Waals surface area (Å²) in [5.41, 5.74) is 5.08. The van der Waals surface area contributed by atoms with E-state index in [0.29, 0.717) is 18.0 Å². The molecule has 9 nitrogen and oxygen atoms in total. The van der Waals surface area contributed by atoms with Gasteiger partial charge in [0.2, 0.25) is 0 Å². The topological polar surface area (TPSA) is 123 Å². The number of hydrogen-bond donors (Lipinski definition) is 3. The number of benzene rings is 1. The van der Waals surface area contributed by atoms with Gasteiger partial charge in [0, 0.05) is 5.69 Å². The van der Waals surface area contributed by atoms with E-state index < -0.39 is 24.4 Å². The molecule has 0 saturated carbocycles. The molecule has 2 aromatic heterocycles. The Balaban J connectivity index is 1.49. The van der Waals surface area contributed by atoms with Crippen molar-refractivity contribution in [1.29, 1.82) is 0 Å². The third kappa shape index (κ3) is 5.01. The average molecular weight is 383 g/mol. The number of carbonyl (C=O) groups excluding carboxylic acids is 3. The van der Waals surface area contributed by atoms with Crippen molar-refractivity contribution in [2.75, 3.05) is 11.9 Å². The number of ether oxygens (including phenoxy) is 1. The van der Waals surface area contributed by atoms with Gasteiger partial charge in [0.1, 0.15) is 5.76 Å². The molecule has 2 heterocycles. The standard InChI is InChI=1S/C19H17N3O6/c23-17(21-22-18(24)16-8-4-10-27-16)12-28-19(25)14-6-1-2-7-15(14)20-11-13-5-3-9-26-13/h1-10,20H,11-12H2,(H,21,23)(H,22,24). The molecule has 0 saturated heterocycles. The zero-order chi connectivity index (χ0) is 19.8. The van der Waals surface area contributed by atoms with E-state index in [4.69, 9.17) is 13.6 Å². The number of hydrogen-bond acceptors (Lipinski definition) is 7. The fraction of sp³-hybridized carbons (Fsp3) is 0.105. The Morgan fingerprint density at radius 3 is 2.43 bits per heavy atom. The van der Waals surface area contributed by atoms with E-state index in [1.54, 1.807) is 42.7 Å². The maximum Gasteiger partial charge on any atom is 0.340 e. The van der Waals surface area contributed by atoms with Gasteiger partial charge in [0.05, 0.1) is 24.6 Å². The van der Waals surface area contributed by atoms with Crippen LogP contribution in [0.1, 0.15) is 26.7 Å². The minimum atomic E-state index is -0.700. The summed E-state index contributed by atoms with van der Waals surface area (Å²) in [5.74, 6) is -1.27. The van der Waals surface area contributed by atoms with Crippen LogP contribution in [0.2, 0.25) is 0 Å². The summed E-state index contributed by atoms with van der Waals surface area (Å²) in [4.78, 5) is 35.7. The van der Waals surface area contributed by atoms with Crippen molar-refractivity contribution in [1.82, 2.24) is 10.9 Å². The SMILES string of the molecule is O=C(COC(=O)c1ccccc1NCc1ccco1)NNC(=O)c1ccco1. The summed E-state index contributed by atoms with van der Waals surface area (Å²) in [5, 5.41) is 3.08. The molecule has 0 atom stereocenters. The third-order valence-electron chi connectivity index (χ3n) is 3.57. The lowest BCUT2D eigenvalue weighted by molar-refractivity contribution is -0.125. The van der Waals surface area contributed by atoms with Gasteiger partial charge < -0.3 is 18.9 Å². The molecule has 3 aromatic rings. The normalized spacial score (nSPS) is 10.1. The van der Waals surface area contributed by atoms with Gasteiger partial charge in [-0.3, -0.25) is 20.4 Å². The summed E-state index contributed by atoms with van der Waals surface area (Å²) in [6.45, 7) is -0.180. The maximum atomic E-state index is 12.3. The van der Waals surface area contributed by atoms with Crippen LogP contribution in [0, 0.1) is 0 Å². The van der Waals surface area contributed by atoms with Crippen molar-refractivity contribution >= 4 is 23.5 Å². The molecular formula is C19H17N3O6. The van der Waals surface area contributed by atoms with Crippen LogP contribution in [0.3, 0.4) is 0 Å². The Kier molecular flexibility index (Phi) is 6.09. The second-order valence-electron chi connectivity index (χ2n) is 5.53. The van der Waals surface area contributed by atoms with Gasteiger partial charge in [-0.1, -0.05) is 12.1 Å². The fourth-order valence-corrected chi connectivity index (χ4v) is 2.25. The van der Waals surface area contributed by atoms with Crippen molar-refractivity contribution in [3.63, 3.8) is 0 Å². The van der Waals surface area contributed by atoms with Crippen LogP contribution in [0.4, 0.5) is 5.69 Å². The van der Waals surface area contributed by atoms with E-state index in [-0.39, 0.29) is 11.3 Å². The lowest BCUT2D eigenvalue weighted by Crippen LogP contribution is -2.43. The van der Waals surface area contributed by atoms with Crippen molar-refractivity contribution in [3.05, 3.63) is 78.1 Å². The smallest absolute Gasteiger partial charge is 0.340 e. The number of rotatable bonds is 7. The molecule has 3 rings (SSSR count). The van der Waals surface area contributed by atoms with E-state index in [9.17, 15) is 14.4 Å². The average Bonchev–Trinajstić information content (AvgIpc) is 3.43. The quantitative estimate of drug-likeness (QED) is 0.422. The predicted octanol–water partition coefficient (Wildman–Crippen LogP) is 2.10. The number of nitrogens with one attached hydrogen (secondary N) is 3. The van der Waals surface area contributed by atoms with Gasteiger partial charge in [0.25, 0.3) is 5.91 Å². The molecule has 28 heavy (non-hydrogen) atoms. The highest BCUT2D eigenvalue weighted by atomic mass is 16.5. The Labute approximate surface area is 159 Å². The van der Waals surface area contributed by atoms with Gasteiger partial charge in [-0.05, 0) is 36.4 Å². The summed E-state index contributed by atoms with van der Waals surface area (Å²) in [6.07, 6.45) is 2.89. The number of esters is 1. The monoisotopic (exact) mass is 383 g/mol. The van der Waals surface area contributed by atoms with E-state index in [1.165, 1.54) is 18.4 Å². The highest BCUT2D eigenvalue weighted by Crippen LogP contribution is 2.17. The number of carbonyl (C=O) groups is 3. The fourth-order valence-electron chi connectivity index (χ4n) is 2.25. The van der Waals surface area contributed by atoms with E-state index in [0.717, 1.165) is 0 Å². The van der Waals surface area contributed by atoms with Crippen molar-refractivity contribution in [2.24, 2.45) is 0 Å². The van der Waals surface area contributed by atoms with Crippen LogP contribution in [0.5, 0.6) is 0 Å². The van der Waals surface area contributed by atoms with Crippen LogP contribution in [0.25, 0.3) is 0 Å². The number of anilines is 1. The number of hydrazine groups is 1. The van der Waals surface area contributed by atoms with Crippen molar-refractivity contribution in [3.8, 4) is 0 Å². The molecule has 0 aliphatic heterocycles.